The Bertz CT molecular complexity index is 1370. The van der Waals surface area contributed by atoms with E-state index in [9.17, 15) is 9.90 Å². The molecule has 1 aliphatic heterocycles. The molecule has 0 spiro atoms. The van der Waals surface area contributed by atoms with Gasteiger partial charge in [-0.05, 0) is 25.1 Å². The van der Waals surface area contributed by atoms with Gasteiger partial charge < -0.3 is 19.9 Å². The smallest absolute Gasteiger partial charge is 0.349 e. The van der Waals surface area contributed by atoms with E-state index in [0.717, 1.165) is 60.7 Å². The Morgan fingerprint density at radius 3 is 2.81 bits per heavy atom. The van der Waals surface area contributed by atoms with Crippen molar-refractivity contribution in [2.24, 2.45) is 0 Å². The van der Waals surface area contributed by atoms with Crippen molar-refractivity contribution in [3.63, 3.8) is 0 Å². The van der Waals surface area contributed by atoms with Crippen molar-refractivity contribution >= 4 is 39.9 Å². The van der Waals surface area contributed by atoms with Crippen LogP contribution in [0.4, 0.5) is 0 Å². The molecule has 0 saturated carbocycles. The molecule has 0 unspecified atom stereocenters. The molecule has 8 nitrogen and oxygen atoms in total. The fourth-order valence-corrected chi connectivity index (χ4v) is 5.53. The number of piperazine rings is 1. The van der Waals surface area contributed by atoms with Gasteiger partial charge in [-0.1, -0.05) is 35.9 Å². The van der Waals surface area contributed by atoms with E-state index in [1.165, 1.54) is 0 Å². The second-order valence-electron chi connectivity index (χ2n) is 8.55. The van der Waals surface area contributed by atoms with Crippen molar-refractivity contribution in [1.29, 1.82) is 0 Å². The van der Waals surface area contributed by atoms with Crippen molar-refractivity contribution in [3.05, 3.63) is 70.3 Å². The largest absolute Gasteiger partial charge is 0.491 e. The lowest BCUT2D eigenvalue weighted by Crippen LogP contribution is -2.44. The van der Waals surface area contributed by atoms with E-state index in [1.54, 1.807) is 12.4 Å². The molecular formula is C26H27ClN4O4S. The number of benzene rings is 2. The second kappa shape index (κ2) is 10.9. The number of thiophene rings is 1. The zero-order chi connectivity index (χ0) is 25.1. The van der Waals surface area contributed by atoms with Gasteiger partial charge in [0, 0.05) is 44.4 Å². The number of aromatic nitrogens is 2. The number of aromatic carboxylic acids is 1. The van der Waals surface area contributed by atoms with E-state index < -0.39 is 12.1 Å². The molecule has 2 aromatic heterocycles. The number of ether oxygens (including phenoxy) is 2. The van der Waals surface area contributed by atoms with Crippen LogP contribution in [-0.2, 0) is 0 Å². The topological polar surface area (TPSA) is 88.9 Å². The lowest BCUT2D eigenvalue weighted by molar-refractivity contribution is 0.0695. The van der Waals surface area contributed by atoms with Crippen LogP contribution in [0.5, 0.6) is 11.5 Å². The van der Waals surface area contributed by atoms with Gasteiger partial charge in [-0.25, -0.2) is 9.78 Å². The molecule has 0 bridgehead atoms. The third-order valence-electron chi connectivity index (χ3n) is 6.18. The number of rotatable bonds is 9. The lowest BCUT2D eigenvalue weighted by Gasteiger charge is -2.27. The van der Waals surface area contributed by atoms with E-state index in [0.29, 0.717) is 22.4 Å². The van der Waals surface area contributed by atoms with E-state index in [1.807, 2.05) is 54.0 Å². The van der Waals surface area contributed by atoms with Gasteiger partial charge in [-0.2, -0.15) is 0 Å². The highest BCUT2D eigenvalue weighted by Gasteiger charge is 2.23. The van der Waals surface area contributed by atoms with Gasteiger partial charge in [-0.15, -0.1) is 11.3 Å². The number of imidazole rings is 1. The average Bonchev–Trinajstić information content (AvgIpc) is 3.50. The van der Waals surface area contributed by atoms with Gasteiger partial charge in [0.1, 0.15) is 35.5 Å². The fourth-order valence-electron chi connectivity index (χ4n) is 4.28. The summed E-state index contributed by atoms with van der Waals surface area (Å²) in [5, 5.41) is 14.3. The third-order valence-corrected chi connectivity index (χ3v) is 7.69. The molecule has 2 aromatic carbocycles. The van der Waals surface area contributed by atoms with Crippen LogP contribution < -0.4 is 14.8 Å². The van der Waals surface area contributed by atoms with Crippen molar-refractivity contribution in [2.75, 3.05) is 39.3 Å². The van der Waals surface area contributed by atoms with E-state index in [2.05, 4.69) is 15.2 Å². The zero-order valence-electron chi connectivity index (χ0n) is 19.8. The van der Waals surface area contributed by atoms with Gasteiger partial charge >= 0.3 is 5.97 Å². The minimum absolute atomic E-state index is 0.120. The summed E-state index contributed by atoms with van der Waals surface area (Å²) in [6.45, 7) is 7.21. The molecule has 3 heterocycles. The molecule has 188 valence electrons. The minimum atomic E-state index is -1.05. The lowest BCUT2D eigenvalue weighted by atomic mass is 10.1. The maximum Gasteiger partial charge on any atom is 0.349 e. The first-order valence-electron chi connectivity index (χ1n) is 11.8. The first-order valence-corrected chi connectivity index (χ1v) is 13.0. The molecular weight excluding hydrogens is 500 g/mol. The summed E-state index contributed by atoms with van der Waals surface area (Å²) in [6, 6.07) is 15.0. The van der Waals surface area contributed by atoms with Crippen LogP contribution in [0.25, 0.3) is 16.0 Å². The number of carboxylic acids is 1. The zero-order valence-corrected chi connectivity index (χ0v) is 21.4. The molecule has 5 rings (SSSR count). The number of carbonyl (C=O) groups is 1. The molecule has 10 heteroatoms. The fraction of sp³-hybridized carbons (Fsp3) is 0.308. The second-order valence-corrected chi connectivity index (χ2v) is 9.95. The van der Waals surface area contributed by atoms with Crippen molar-refractivity contribution in [1.82, 2.24) is 19.8 Å². The summed E-state index contributed by atoms with van der Waals surface area (Å²) in [4.78, 5) is 18.9. The quantitative estimate of drug-likeness (QED) is 0.322. The molecule has 1 fully saturated rings. The summed E-state index contributed by atoms with van der Waals surface area (Å²) < 4.78 is 14.0. The molecule has 4 aromatic rings. The number of fused-ring (bicyclic) bond motifs is 1. The summed E-state index contributed by atoms with van der Waals surface area (Å²) >= 11 is 7.83. The van der Waals surface area contributed by atoms with Gasteiger partial charge in [0.2, 0.25) is 0 Å². The highest BCUT2D eigenvalue weighted by molar-refractivity contribution is 7.16. The number of hydrogen-bond acceptors (Lipinski definition) is 7. The van der Waals surface area contributed by atoms with E-state index in [4.69, 9.17) is 21.1 Å². The third kappa shape index (κ3) is 5.19. The number of hydrogen-bond donors (Lipinski definition) is 2. The molecule has 2 N–H and O–H groups in total. The SMILES string of the molecule is C[C@@H](Oc1cc(-n2cnc3ccccc32)sc1C(=O)O)c1cccc(OCCN2CCNCC2)c1Cl. The highest BCUT2D eigenvalue weighted by Crippen LogP contribution is 2.38. The Morgan fingerprint density at radius 1 is 1.19 bits per heavy atom. The first-order chi connectivity index (χ1) is 17.5. The van der Waals surface area contributed by atoms with Crippen LogP contribution in [0.15, 0.2) is 54.9 Å². The molecule has 1 atom stereocenters. The van der Waals surface area contributed by atoms with Gasteiger partial charge in [0.25, 0.3) is 0 Å². The van der Waals surface area contributed by atoms with E-state index in [-0.39, 0.29) is 10.6 Å². The van der Waals surface area contributed by atoms with Crippen LogP contribution in [0, 0.1) is 0 Å². The summed E-state index contributed by atoms with van der Waals surface area (Å²) in [5.74, 6) is -0.169. The van der Waals surface area contributed by atoms with Crippen molar-refractivity contribution < 1.29 is 19.4 Å². The van der Waals surface area contributed by atoms with Crippen LogP contribution in [0.3, 0.4) is 0 Å². The maximum absolute atomic E-state index is 12.0. The molecule has 0 radical (unpaired) electrons. The predicted molar refractivity (Wildman–Crippen MR) is 141 cm³/mol. The minimum Gasteiger partial charge on any atom is -0.491 e. The maximum atomic E-state index is 12.0. The first kappa shape index (κ1) is 24.6. The van der Waals surface area contributed by atoms with E-state index >= 15 is 0 Å². The number of para-hydroxylation sites is 2. The number of nitrogens with one attached hydrogen (secondary N) is 1. The van der Waals surface area contributed by atoms with Crippen LogP contribution >= 0.6 is 22.9 Å². The molecule has 36 heavy (non-hydrogen) atoms. The summed E-state index contributed by atoms with van der Waals surface area (Å²) in [7, 11) is 0. The number of halogens is 1. The number of carboxylic acid groups (broad SMARTS) is 1. The Morgan fingerprint density at radius 2 is 2.00 bits per heavy atom. The Kier molecular flexibility index (Phi) is 7.43. The molecule has 0 aliphatic carbocycles. The van der Waals surface area contributed by atoms with Gasteiger partial charge in [0.15, 0.2) is 4.88 Å². The highest BCUT2D eigenvalue weighted by atomic mass is 35.5. The Labute approximate surface area is 218 Å². The van der Waals surface area contributed by atoms with Crippen LogP contribution in [-0.4, -0.2) is 64.9 Å². The standard InChI is InChI=1S/C26H27ClN4O4S/c1-17(18-5-4-8-21(24(18)27)34-14-13-30-11-9-28-10-12-30)35-22-15-23(36-25(22)26(32)33)31-16-29-19-6-2-3-7-20(19)31/h2-8,15-17,28H,9-14H2,1H3,(H,32,33)/t17-/m1/s1. The van der Waals surface area contributed by atoms with Crippen molar-refractivity contribution in [2.45, 2.75) is 13.0 Å². The van der Waals surface area contributed by atoms with Crippen LogP contribution in [0.2, 0.25) is 5.02 Å². The van der Waals surface area contributed by atoms with Gasteiger partial charge in [0.05, 0.1) is 16.1 Å². The molecule has 1 aliphatic rings. The number of nitrogens with zero attached hydrogens (tertiary/aromatic N) is 3. The van der Waals surface area contributed by atoms with Gasteiger partial charge in [-0.3, -0.25) is 9.47 Å². The van der Waals surface area contributed by atoms with Crippen molar-refractivity contribution in [3.8, 4) is 16.5 Å². The molecule has 0 amide bonds. The molecule has 1 saturated heterocycles. The van der Waals surface area contributed by atoms with Crippen LogP contribution in [0.1, 0.15) is 28.3 Å². The Hall–Kier alpha value is -3.11. The Balaban J connectivity index is 1.33. The normalized spacial score (nSPS) is 15.2. The monoisotopic (exact) mass is 526 g/mol. The predicted octanol–water partition coefficient (Wildman–Crippen LogP) is 4.86. The average molecular weight is 527 g/mol. The summed E-state index contributed by atoms with van der Waals surface area (Å²) in [6.07, 6.45) is 1.20. The summed E-state index contributed by atoms with van der Waals surface area (Å²) in [5.41, 5.74) is 2.46.